The first kappa shape index (κ1) is 20.5. The number of rotatable bonds is 7. The molecule has 144 valence electrons. The highest BCUT2D eigenvalue weighted by Gasteiger charge is 2.13. The zero-order valence-corrected chi connectivity index (χ0v) is 16.1. The van der Waals surface area contributed by atoms with E-state index in [4.69, 9.17) is 20.8 Å². The third-order valence-electron chi connectivity index (χ3n) is 3.71. The van der Waals surface area contributed by atoms with Crippen molar-refractivity contribution in [1.29, 1.82) is 0 Å². The molecule has 0 saturated heterocycles. The highest BCUT2D eigenvalue weighted by atomic mass is 35.5. The molecule has 0 fully saturated rings. The van der Waals surface area contributed by atoms with Crippen molar-refractivity contribution in [2.24, 2.45) is 5.10 Å². The molecule has 27 heavy (non-hydrogen) atoms. The molecule has 7 nitrogen and oxygen atoms in total. The van der Waals surface area contributed by atoms with Gasteiger partial charge in [-0.1, -0.05) is 11.6 Å². The van der Waals surface area contributed by atoms with Crippen LogP contribution in [0.1, 0.15) is 36.7 Å². The number of carbonyl (C=O) groups is 1. The predicted octanol–water partition coefficient (Wildman–Crippen LogP) is 3.32. The Kier molecular flexibility index (Phi) is 7.01. The molecule has 8 heteroatoms. The number of nitrogens with zero attached hydrogens (tertiary/aromatic N) is 1. The molecular formula is C19H21ClN2O5. The quantitative estimate of drug-likeness (QED) is 0.427. The lowest BCUT2D eigenvalue weighted by Crippen LogP contribution is -2.22. The van der Waals surface area contributed by atoms with Crippen molar-refractivity contribution in [3.05, 3.63) is 56.6 Å². The molecule has 2 N–H and O–H groups in total. The van der Waals surface area contributed by atoms with Crippen LogP contribution < -0.4 is 15.8 Å². The summed E-state index contributed by atoms with van der Waals surface area (Å²) in [5, 5.41) is 14.3. The van der Waals surface area contributed by atoms with E-state index in [2.05, 4.69) is 10.5 Å². The van der Waals surface area contributed by atoms with E-state index in [-0.39, 0.29) is 35.1 Å². The van der Waals surface area contributed by atoms with Gasteiger partial charge in [0.2, 0.25) is 5.91 Å². The maximum Gasteiger partial charge on any atom is 0.348 e. The van der Waals surface area contributed by atoms with Crippen LogP contribution in [0, 0.1) is 13.8 Å². The second-order valence-corrected chi connectivity index (χ2v) is 6.44. The largest absolute Gasteiger partial charge is 0.507 e. The van der Waals surface area contributed by atoms with Gasteiger partial charge in [-0.2, -0.15) is 5.10 Å². The lowest BCUT2D eigenvalue weighted by molar-refractivity contribution is -0.121. The minimum Gasteiger partial charge on any atom is -0.507 e. The van der Waals surface area contributed by atoms with Crippen LogP contribution in [0.25, 0.3) is 0 Å². The number of carbonyl (C=O) groups excluding carboxylic acids is 1. The van der Waals surface area contributed by atoms with Crippen molar-refractivity contribution in [1.82, 2.24) is 5.43 Å². The number of aromatic hydroxyl groups is 1. The fourth-order valence-corrected chi connectivity index (χ4v) is 2.60. The summed E-state index contributed by atoms with van der Waals surface area (Å²) < 4.78 is 10.5. The van der Waals surface area contributed by atoms with E-state index in [1.54, 1.807) is 25.1 Å². The molecule has 0 saturated carbocycles. The third-order valence-corrected chi connectivity index (χ3v) is 3.94. The van der Waals surface area contributed by atoms with E-state index in [1.807, 2.05) is 6.92 Å². The number of nitrogens with one attached hydrogen (secondary N) is 1. The van der Waals surface area contributed by atoms with Crippen molar-refractivity contribution in [2.75, 3.05) is 6.61 Å². The Morgan fingerprint density at radius 1 is 1.33 bits per heavy atom. The minimum atomic E-state index is -0.713. The SMILES string of the molecule is CC(=NNC(=O)CCCOc1ccc(Cl)cc1C)c1c(O)cc(C)oc1=O. The van der Waals surface area contributed by atoms with Gasteiger partial charge in [-0.3, -0.25) is 4.79 Å². The van der Waals surface area contributed by atoms with Crippen LogP contribution in [0.3, 0.4) is 0 Å². The number of aryl methyl sites for hydroxylation is 2. The molecule has 1 aromatic carbocycles. The van der Waals surface area contributed by atoms with Gasteiger partial charge < -0.3 is 14.3 Å². The second-order valence-electron chi connectivity index (χ2n) is 6.00. The molecule has 0 unspecified atom stereocenters. The van der Waals surface area contributed by atoms with Gasteiger partial charge in [-0.15, -0.1) is 0 Å². The molecule has 1 heterocycles. The first-order valence-electron chi connectivity index (χ1n) is 8.34. The topological polar surface area (TPSA) is 101 Å². The van der Waals surface area contributed by atoms with E-state index < -0.39 is 5.63 Å². The monoisotopic (exact) mass is 392 g/mol. The molecule has 0 spiro atoms. The summed E-state index contributed by atoms with van der Waals surface area (Å²) in [7, 11) is 0. The van der Waals surface area contributed by atoms with E-state index in [0.29, 0.717) is 18.1 Å². The normalized spacial score (nSPS) is 11.3. The summed E-state index contributed by atoms with van der Waals surface area (Å²) >= 11 is 5.89. The maximum absolute atomic E-state index is 11.9. The van der Waals surface area contributed by atoms with Gasteiger partial charge in [-0.25, -0.2) is 10.2 Å². The first-order chi connectivity index (χ1) is 12.8. The van der Waals surface area contributed by atoms with Gasteiger partial charge in [0.1, 0.15) is 22.8 Å². The van der Waals surface area contributed by atoms with Crippen LogP contribution in [0.15, 0.2) is 38.6 Å². The van der Waals surface area contributed by atoms with Crippen LogP contribution in [0.4, 0.5) is 0 Å². The van der Waals surface area contributed by atoms with Crippen molar-refractivity contribution < 1.29 is 19.1 Å². The summed E-state index contributed by atoms with van der Waals surface area (Å²) in [4.78, 5) is 23.7. The number of hydrogen-bond acceptors (Lipinski definition) is 6. The van der Waals surface area contributed by atoms with Gasteiger partial charge in [0, 0.05) is 17.5 Å². The predicted molar refractivity (Wildman–Crippen MR) is 103 cm³/mol. The average molecular weight is 393 g/mol. The zero-order valence-electron chi connectivity index (χ0n) is 15.3. The Morgan fingerprint density at radius 2 is 2.07 bits per heavy atom. The number of benzene rings is 1. The summed E-state index contributed by atoms with van der Waals surface area (Å²) in [5.41, 5.74) is 2.63. The second kappa shape index (κ2) is 9.23. The van der Waals surface area contributed by atoms with Crippen LogP contribution in [0.2, 0.25) is 5.02 Å². The number of hydrazone groups is 1. The summed E-state index contributed by atoms with van der Waals surface area (Å²) in [6.45, 7) is 5.30. The highest BCUT2D eigenvalue weighted by molar-refractivity contribution is 6.30. The zero-order chi connectivity index (χ0) is 20.0. The molecule has 0 radical (unpaired) electrons. The standard InChI is InChI=1S/C19H21ClN2O5/c1-11-9-14(20)6-7-16(11)26-8-4-5-17(24)22-21-13(3)18-15(23)10-12(2)27-19(18)25/h6-7,9-10,23H,4-5,8H2,1-3H3,(H,22,24). The van der Waals surface area contributed by atoms with Crippen LogP contribution in [-0.4, -0.2) is 23.3 Å². The number of hydrogen-bond donors (Lipinski definition) is 2. The van der Waals surface area contributed by atoms with Crippen LogP contribution >= 0.6 is 11.6 Å². The molecular weight excluding hydrogens is 372 g/mol. The molecule has 0 atom stereocenters. The lowest BCUT2D eigenvalue weighted by Gasteiger charge is -2.09. The van der Waals surface area contributed by atoms with Crippen molar-refractivity contribution in [2.45, 2.75) is 33.6 Å². The molecule has 0 aliphatic heterocycles. The van der Waals surface area contributed by atoms with E-state index in [1.165, 1.54) is 13.0 Å². The van der Waals surface area contributed by atoms with Crippen molar-refractivity contribution in [3.8, 4) is 11.5 Å². The van der Waals surface area contributed by atoms with E-state index >= 15 is 0 Å². The van der Waals surface area contributed by atoms with Crippen LogP contribution in [-0.2, 0) is 4.79 Å². The molecule has 1 amide bonds. The minimum absolute atomic E-state index is 0.0811. The van der Waals surface area contributed by atoms with Crippen molar-refractivity contribution >= 4 is 23.2 Å². The molecule has 1 aromatic heterocycles. The van der Waals surface area contributed by atoms with Crippen molar-refractivity contribution in [3.63, 3.8) is 0 Å². The first-order valence-corrected chi connectivity index (χ1v) is 8.72. The number of halogens is 1. The van der Waals surface area contributed by atoms with Gasteiger partial charge in [0.05, 0.1) is 12.3 Å². The highest BCUT2D eigenvalue weighted by Crippen LogP contribution is 2.22. The number of ether oxygens (including phenoxy) is 1. The van der Waals surface area contributed by atoms with Gasteiger partial charge in [0.15, 0.2) is 0 Å². The molecule has 0 aliphatic rings. The van der Waals surface area contributed by atoms with Crippen LogP contribution in [0.5, 0.6) is 11.5 Å². The maximum atomic E-state index is 11.9. The summed E-state index contributed by atoms with van der Waals surface area (Å²) in [6.07, 6.45) is 0.679. The lowest BCUT2D eigenvalue weighted by atomic mass is 10.2. The molecule has 0 aliphatic carbocycles. The Bertz CT molecular complexity index is 921. The van der Waals surface area contributed by atoms with Gasteiger partial charge in [0.25, 0.3) is 0 Å². The number of amides is 1. The third kappa shape index (κ3) is 5.86. The van der Waals surface area contributed by atoms with Gasteiger partial charge >= 0.3 is 5.63 Å². The fourth-order valence-electron chi connectivity index (χ4n) is 2.38. The molecule has 0 bridgehead atoms. The smallest absolute Gasteiger partial charge is 0.348 e. The van der Waals surface area contributed by atoms with E-state index in [9.17, 15) is 14.7 Å². The Balaban J connectivity index is 1.84. The molecule has 2 rings (SSSR count). The fraction of sp³-hybridized carbons (Fsp3) is 0.316. The summed E-state index contributed by atoms with van der Waals surface area (Å²) in [6, 6.07) is 6.64. The molecule has 2 aromatic rings. The Hall–Kier alpha value is -2.80. The Labute approximate surface area is 161 Å². The van der Waals surface area contributed by atoms with Gasteiger partial charge in [-0.05, 0) is 51.0 Å². The van der Waals surface area contributed by atoms with E-state index in [0.717, 1.165) is 11.3 Å². The Morgan fingerprint density at radius 3 is 2.74 bits per heavy atom. The average Bonchev–Trinajstić information content (AvgIpc) is 2.57. The summed E-state index contributed by atoms with van der Waals surface area (Å²) in [5.74, 6) is 0.428.